The summed E-state index contributed by atoms with van der Waals surface area (Å²) in [6, 6.07) is 12.0. The summed E-state index contributed by atoms with van der Waals surface area (Å²) in [5.74, 6) is -0.741. The first-order chi connectivity index (χ1) is 16.0. The van der Waals surface area contributed by atoms with Crippen LogP contribution in [-0.2, 0) is 22.7 Å². The highest BCUT2D eigenvalue weighted by atomic mass is 35.5. The maximum atomic E-state index is 14.6. The number of rotatable bonds is 7. The van der Waals surface area contributed by atoms with Gasteiger partial charge < -0.3 is 5.32 Å². The third kappa shape index (κ3) is 5.63. The molecule has 2 aromatic carbocycles. The fourth-order valence-corrected chi connectivity index (χ4v) is 4.81. The van der Waals surface area contributed by atoms with Crippen LogP contribution in [0.2, 0.25) is 5.02 Å². The number of hydrogen-bond donors (Lipinski definition) is 2. The van der Waals surface area contributed by atoms with Gasteiger partial charge in [-0.2, -0.15) is 18.3 Å². The zero-order valence-electron chi connectivity index (χ0n) is 16.7. The highest BCUT2D eigenvalue weighted by Gasteiger charge is 2.36. The van der Waals surface area contributed by atoms with E-state index >= 15 is 0 Å². The molecule has 0 aliphatic carbocycles. The van der Waals surface area contributed by atoms with Crippen molar-refractivity contribution in [3.05, 3.63) is 76.1 Å². The van der Waals surface area contributed by atoms with E-state index in [0.717, 1.165) is 17.7 Å². The molecule has 178 valence electrons. The predicted octanol–water partition coefficient (Wildman–Crippen LogP) is 5.14. The Morgan fingerprint density at radius 2 is 1.79 bits per heavy atom. The van der Waals surface area contributed by atoms with Crippen molar-refractivity contribution in [1.29, 1.82) is 0 Å². The van der Waals surface area contributed by atoms with E-state index in [1.807, 2.05) is 12.1 Å². The zero-order chi connectivity index (χ0) is 24.5. The second-order valence-corrected chi connectivity index (χ2v) is 9.88. The smallest absolute Gasteiger partial charge is 0.339 e. The Morgan fingerprint density at radius 1 is 1.06 bits per heavy atom. The number of sulfonamides is 1. The van der Waals surface area contributed by atoms with Crippen LogP contribution in [0.4, 0.5) is 34.2 Å². The van der Waals surface area contributed by atoms with Gasteiger partial charge in [0.05, 0.1) is 6.54 Å². The number of halogens is 5. The summed E-state index contributed by atoms with van der Waals surface area (Å²) < 4.78 is 80.7. The maximum Gasteiger partial charge on any atom is 0.445 e. The van der Waals surface area contributed by atoms with Gasteiger partial charge >= 0.3 is 6.18 Å². The number of aromatic nitrogens is 4. The Hall–Kier alpha value is -3.23. The van der Waals surface area contributed by atoms with Crippen molar-refractivity contribution in [3.8, 4) is 0 Å². The van der Waals surface area contributed by atoms with Crippen LogP contribution >= 0.6 is 22.9 Å². The molecule has 0 aliphatic heterocycles. The van der Waals surface area contributed by atoms with Crippen LogP contribution in [0.15, 0.2) is 59.6 Å². The van der Waals surface area contributed by atoms with E-state index in [0.29, 0.717) is 17.4 Å². The number of alkyl halides is 3. The van der Waals surface area contributed by atoms with Crippen LogP contribution < -0.4 is 10.0 Å². The molecular formula is C19H13ClF4N6O2S2. The minimum absolute atomic E-state index is 0.0138. The molecule has 0 amide bonds. The van der Waals surface area contributed by atoms with E-state index in [1.165, 1.54) is 6.07 Å². The Kier molecular flexibility index (Phi) is 6.47. The zero-order valence-corrected chi connectivity index (χ0v) is 19.1. The number of hydrogen-bond acceptors (Lipinski definition) is 7. The highest BCUT2D eigenvalue weighted by molar-refractivity contribution is 7.93. The largest absolute Gasteiger partial charge is 0.445 e. The van der Waals surface area contributed by atoms with Crippen LogP contribution in [0.5, 0.6) is 0 Å². The second-order valence-electron chi connectivity index (χ2n) is 6.81. The number of nitrogens with one attached hydrogen (secondary N) is 2. The summed E-state index contributed by atoms with van der Waals surface area (Å²) in [6.45, 7) is 0.470. The molecule has 2 heterocycles. The van der Waals surface area contributed by atoms with Crippen molar-refractivity contribution in [1.82, 2.24) is 20.0 Å². The Morgan fingerprint density at radius 3 is 2.44 bits per heavy atom. The molecule has 34 heavy (non-hydrogen) atoms. The summed E-state index contributed by atoms with van der Waals surface area (Å²) in [5.41, 5.74) is 1.17. The van der Waals surface area contributed by atoms with Gasteiger partial charge in [0.15, 0.2) is 5.82 Å². The average Bonchev–Trinajstić information content (AvgIpc) is 3.39. The van der Waals surface area contributed by atoms with Crippen molar-refractivity contribution < 1.29 is 26.0 Å². The molecule has 0 spiro atoms. The van der Waals surface area contributed by atoms with Crippen LogP contribution in [0.1, 0.15) is 10.6 Å². The molecule has 4 rings (SSSR count). The van der Waals surface area contributed by atoms with Crippen molar-refractivity contribution in [3.63, 3.8) is 0 Å². The molecule has 0 fully saturated rings. The summed E-state index contributed by atoms with van der Waals surface area (Å²) in [7, 11) is -4.54. The van der Waals surface area contributed by atoms with Crippen LogP contribution in [0, 0.1) is 5.82 Å². The maximum absolute atomic E-state index is 14.6. The first-order valence-corrected chi connectivity index (χ1v) is 12.0. The molecular weight excluding hydrogens is 520 g/mol. The molecule has 0 saturated heterocycles. The lowest BCUT2D eigenvalue weighted by atomic mass is 10.2. The molecule has 2 aromatic heterocycles. The Bertz CT molecular complexity index is 1420. The summed E-state index contributed by atoms with van der Waals surface area (Å²) in [5, 5.41) is 11.8. The van der Waals surface area contributed by atoms with Crippen LogP contribution in [-0.4, -0.2) is 28.4 Å². The van der Waals surface area contributed by atoms with Crippen molar-refractivity contribution >= 4 is 49.6 Å². The number of nitrogens with zero attached hydrogens (tertiary/aromatic N) is 4. The summed E-state index contributed by atoms with van der Waals surface area (Å²) in [6.07, 6.45) is -3.07. The van der Waals surface area contributed by atoms with Gasteiger partial charge in [-0.1, -0.05) is 35.1 Å². The Labute approximate surface area is 199 Å². The third-order valence-corrected chi connectivity index (χ3v) is 6.92. The van der Waals surface area contributed by atoms with E-state index in [4.69, 9.17) is 11.6 Å². The monoisotopic (exact) mass is 532 g/mol. The topological polar surface area (TPSA) is 102 Å². The first kappa shape index (κ1) is 23.9. The SMILES string of the molecule is O=S(=O)(Nc1nnc(C(F)(F)F)s1)c1ccc(Nc2ccn(Cc3ccc(Cl)cc3)n2)cc1F. The van der Waals surface area contributed by atoms with Crippen molar-refractivity contribution in [2.75, 3.05) is 10.0 Å². The van der Waals surface area contributed by atoms with Crippen molar-refractivity contribution in [2.24, 2.45) is 0 Å². The molecule has 0 atom stereocenters. The third-order valence-electron chi connectivity index (χ3n) is 4.28. The molecule has 2 N–H and O–H groups in total. The minimum Gasteiger partial charge on any atom is -0.339 e. The Balaban J connectivity index is 1.45. The molecule has 0 unspecified atom stereocenters. The van der Waals surface area contributed by atoms with E-state index in [1.54, 1.807) is 33.8 Å². The molecule has 0 radical (unpaired) electrons. The lowest BCUT2D eigenvalue weighted by Crippen LogP contribution is -2.14. The number of anilines is 3. The fraction of sp³-hybridized carbons (Fsp3) is 0.105. The first-order valence-electron chi connectivity index (χ1n) is 9.27. The quantitative estimate of drug-likeness (QED) is 0.320. The average molecular weight is 533 g/mol. The molecule has 4 aromatic rings. The van der Waals surface area contributed by atoms with Gasteiger partial charge in [-0.25, -0.2) is 12.8 Å². The summed E-state index contributed by atoms with van der Waals surface area (Å²) in [4.78, 5) is -0.768. The van der Waals surface area contributed by atoms with E-state index in [-0.39, 0.29) is 17.0 Å². The molecule has 0 bridgehead atoms. The predicted molar refractivity (Wildman–Crippen MR) is 118 cm³/mol. The van der Waals surface area contributed by atoms with Gasteiger partial charge in [-0.05, 0) is 35.9 Å². The summed E-state index contributed by atoms with van der Waals surface area (Å²) >= 11 is 5.85. The molecule has 8 nitrogen and oxygen atoms in total. The number of benzene rings is 2. The van der Waals surface area contributed by atoms with Gasteiger partial charge in [-0.3, -0.25) is 9.40 Å². The molecule has 15 heteroatoms. The normalized spacial score (nSPS) is 12.0. The van der Waals surface area contributed by atoms with E-state index < -0.39 is 37.1 Å². The molecule has 0 aliphatic rings. The van der Waals surface area contributed by atoms with Gasteiger partial charge in [-0.15, -0.1) is 10.2 Å². The lowest BCUT2D eigenvalue weighted by Gasteiger charge is -2.08. The van der Waals surface area contributed by atoms with E-state index in [2.05, 4.69) is 20.6 Å². The van der Waals surface area contributed by atoms with Crippen LogP contribution in [0.3, 0.4) is 0 Å². The molecule has 0 saturated carbocycles. The lowest BCUT2D eigenvalue weighted by molar-refractivity contribution is -0.138. The fourth-order valence-electron chi connectivity index (χ4n) is 2.79. The van der Waals surface area contributed by atoms with E-state index in [9.17, 15) is 26.0 Å². The van der Waals surface area contributed by atoms with Crippen LogP contribution in [0.25, 0.3) is 0 Å². The van der Waals surface area contributed by atoms with Gasteiger partial charge in [0.25, 0.3) is 10.0 Å². The standard InChI is InChI=1S/C19H13ClF4N6O2S2/c20-12-3-1-11(2-4-12)10-30-8-7-16(28-30)25-13-5-6-15(14(21)9-13)34(31,32)29-18-27-26-17(33-18)19(22,23)24/h1-9H,10H2,(H,25,28)(H,27,29). The minimum atomic E-state index is -4.78. The van der Waals surface area contributed by atoms with Gasteiger partial charge in [0.1, 0.15) is 10.7 Å². The highest BCUT2D eigenvalue weighted by Crippen LogP contribution is 2.34. The second kappa shape index (κ2) is 9.19. The van der Waals surface area contributed by atoms with Gasteiger partial charge in [0.2, 0.25) is 10.1 Å². The van der Waals surface area contributed by atoms with Crippen molar-refractivity contribution in [2.45, 2.75) is 17.6 Å². The van der Waals surface area contributed by atoms with Gasteiger partial charge in [0, 0.05) is 23.0 Å².